The predicted octanol–water partition coefficient (Wildman–Crippen LogP) is -0.687. The van der Waals surface area contributed by atoms with E-state index < -0.39 is 24.3 Å². The molecule has 1 saturated heterocycles. The molecule has 11 nitrogen and oxygen atoms in total. The van der Waals surface area contributed by atoms with Crippen LogP contribution in [0.2, 0.25) is 0 Å². The third kappa shape index (κ3) is 7.67. The molecule has 1 unspecified atom stereocenters. The molecule has 2 aromatic heterocycles. The molecule has 42 heavy (non-hydrogen) atoms. The van der Waals surface area contributed by atoms with Crippen molar-refractivity contribution in [3.05, 3.63) is 65.7 Å². The molecule has 1 fully saturated rings. The van der Waals surface area contributed by atoms with Gasteiger partial charge in [0, 0.05) is 44.0 Å². The van der Waals surface area contributed by atoms with Crippen LogP contribution in [0.25, 0.3) is 11.0 Å². The first-order valence-electron chi connectivity index (χ1n) is 12.9. The number of carbonyl (C=O) groups excluding carboxylic acids is 2. The Morgan fingerprint density at radius 1 is 1.17 bits per heavy atom. The topological polar surface area (TPSA) is 127 Å². The number of amides is 2. The Morgan fingerprint density at radius 3 is 2.71 bits per heavy atom. The van der Waals surface area contributed by atoms with Crippen molar-refractivity contribution in [2.75, 3.05) is 38.2 Å². The molecule has 2 amide bonds. The number of morpholine rings is 1. The van der Waals surface area contributed by atoms with Crippen molar-refractivity contribution in [1.29, 1.82) is 0 Å². The van der Waals surface area contributed by atoms with Gasteiger partial charge in [-0.3, -0.25) is 32.9 Å². The van der Waals surface area contributed by atoms with Crippen molar-refractivity contribution >= 4 is 34.2 Å². The summed E-state index contributed by atoms with van der Waals surface area (Å²) in [4.78, 5) is 40.5. The molecular formula is C28H27F2KN8O3. The second kappa shape index (κ2) is 14.4. The number of nitrogens with zero attached hydrogens (tertiary/aromatic N) is 6. The van der Waals surface area contributed by atoms with E-state index in [1.807, 2.05) is 0 Å². The van der Waals surface area contributed by atoms with Crippen molar-refractivity contribution in [2.45, 2.75) is 19.4 Å². The summed E-state index contributed by atoms with van der Waals surface area (Å²) in [5.41, 5.74) is 1.83. The number of aryl methyl sites for hydroxylation is 1. The van der Waals surface area contributed by atoms with E-state index in [1.54, 1.807) is 24.7 Å². The molecule has 0 saturated carbocycles. The van der Waals surface area contributed by atoms with Crippen molar-refractivity contribution in [3.63, 3.8) is 0 Å². The van der Waals surface area contributed by atoms with E-state index in [2.05, 4.69) is 47.4 Å². The summed E-state index contributed by atoms with van der Waals surface area (Å²) in [6.07, 6.45) is 2.53. The molecule has 0 bridgehead atoms. The van der Waals surface area contributed by atoms with Gasteiger partial charge in [0.1, 0.15) is 12.0 Å². The minimum absolute atomic E-state index is 0. The number of nitrogens with one attached hydrogen (secondary N) is 2. The van der Waals surface area contributed by atoms with Gasteiger partial charge in [-0.2, -0.15) is 5.10 Å². The fraction of sp³-hybridized carbons (Fsp3) is 0.321. The van der Waals surface area contributed by atoms with Crippen molar-refractivity contribution in [2.24, 2.45) is 12.0 Å². The Morgan fingerprint density at radius 2 is 1.95 bits per heavy atom. The molecule has 3 aromatic rings. The fourth-order valence-corrected chi connectivity index (χ4v) is 4.45. The molecule has 0 aliphatic carbocycles. The van der Waals surface area contributed by atoms with Gasteiger partial charge in [-0.05, 0) is 24.2 Å². The van der Waals surface area contributed by atoms with Gasteiger partial charge in [-0.1, -0.05) is 11.8 Å². The number of aromatic nitrogens is 4. The number of anilines is 1. The van der Waals surface area contributed by atoms with Crippen LogP contribution in [0.3, 0.4) is 0 Å². The first-order valence-corrected chi connectivity index (χ1v) is 12.9. The Kier molecular flexibility index (Phi) is 11.0. The molecule has 4 heterocycles. The van der Waals surface area contributed by atoms with Crippen LogP contribution >= 0.6 is 0 Å². The summed E-state index contributed by atoms with van der Waals surface area (Å²) >= 11 is 0. The van der Waals surface area contributed by atoms with Crippen LogP contribution in [-0.4, -0.2) is 81.1 Å². The average Bonchev–Trinajstić information content (AvgIpc) is 3.61. The first-order chi connectivity index (χ1) is 19.8. The molecule has 212 valence electrons. The standard InChI is InChI=1S/C28H27F2N8O3.K/c1-17(35-28(40)24-22-15-34-37(2)26(22)33-16-32-24)23-13-20(14-31-23)27(39)36-21-11-18(10-19(12-21)25(29)30)4-3-5-38-6-8-41-9-7-38;/h10-12,14-17H,5-9,13H2,1-2H3,(H,35,40)(H,36,39);/q-1;+1. The van der Waals surface area contributed by atoms with Crippen LogP contribution in [0.4, 0.5) is 14.5 Å². The monoisotopic (exact) mass is 600 g/mol. The summed E-state index contributed by atoms with van der Waals surface area (Å²) in [5, 5.41) is 10.1. The third-order valence-corrected chi connectivity index (χ3v) is 6.69. The largest absolute Gasteiger partial charge is 1.00 e. The zero-order valence-electron chi connectivity index (χ0n) is 23.4. The van der Waals surface area contributed by atoms with Gasteiger partial charge in [0.05, 0.1) is 37.4 Å². The number of rotatable bonds is 7. The Labute approximate surface area is 283 Å². The van der Waals surface area contributed by atoms with Crippen LogP contribution in [0, 0.1) is 18.3 Å². The maximum Gasteiger partial charge on any atom is 1.00 e. The third-order valence-electron chi connectivity index (χ3n) is 6.69. The minimum Gasteiger partial charge on any atom is -0.379 e. The van der Waals surface area contributed by atoms with E-state index in [0.717, 1.165) is 13.1 Å². The normalized spacial score (nSPS) is 15.5. The summed E-state index contributed by atoms with van der Waals surface area (Å²) in [6.45, 7) is 5.04. The number of aliphatic imine (C=N–C) groups is 1. The zero-order valence-corrected chi connectivity index (χ0v) is 26.6. The van der Waals surface area contributed by atoms with Crippen LogP contribution in [0.1, 0.15) is 35.0 Å². The van der Waals surface area contributed by atoms with Crippen molar-refractivity contribution < 1.29 is 74.5 Å². The fourth-order valence-electron chi connectivity index (χ4n) is 4.45. The van der Waals surface area contributed by atoms with E-state index in [9.17, 15) is 18.4 Å². The van der Waals surface area contributed by atoms with Crippen LogP contribution < -0.4 is 62.0 Å². The van der Waals surface area contributed by atoms with E-state index in [-0.39, 0.29) is 74.8 Å². The molecule has 2 N–H and O–H groups in total. The minimum atomic E-state index is -1.88. The number of ether oxygens (including phenoxy) is 1. The van der Waals surface area contributed by atoms with E-state index in [1.165, 1.54) is 30.9 Å². The molecule has 5 rings (SSSR count). The smallest absolute Gasteiger partial charge is 0.379 e. The second-order valence-corrected chi connectivity index (χ2v) is 9.58. The first kappa shape index (κ1) is 31.9. The number of hydrogen-bond donors (Lipinski definition) is 2. The molecule has 1 atom stereocenters. The van der Waals surface area contributed by atoms with E-state index in [4.69, 9.17) is 4.74 Å². The molecule has 2 aliphatic heterocycles. The molecule has 2 aliphatic rings. The Hall–Kier alpha value is -3.03. The van der Waals surface area contributed by atoms with Crippen molar-refractivity contribution in [3.8, 4) is 11.8 Å². The van der Waals surface area contributed by atoms with E-state index in [0.29, 0.717) is 47.6 Å². The zero-order chi connectivity index (χ0) is 28.9. The number of benzene rings is 1. The van der Waals surface area contributed by atoms with Gasteiger partial charge in [0.2, 0.25) is 0 Å². The SMILES string of the molecule is CC(NC(=O)c1ncnc2c1cnn2C)C1=NC=C(C(=O)Nc2cc(C#CCN3CCOCC3)cc([C-](F)F)c2)C1.[K+]. The second-order valence-electron chi connectivity index (χ2n) is 9.58. The molecule has 0 spiro atoms. The molecule has 14 heteroatoms. The van der Waals surface area contributed by atoms with Crippen LogP contribution in [-0.2, 0) is 16.6 Å². The molecular weight excluding hydrogens is 573 g/mol. The van der Waals surface area contributed by atoms with Gasteiger partial charge >= 0.3 is 51.4 Å². The summed E-state index contributed by atoms with van der Waals surface area (Å²) in [6, 6.07) is 3.53. The summed E-state index contributed by atoms with van der Waals surface area (Å²) in [5.74, 6) is 5.00. The van der Waals surface area contributed by atoms with Gasteiger partial charge < -0.3 is 15.4 Å². The van der Waals surface area contributed by atoms with E-state index >= 15 is 0 Å². The van der Waals surface area contributed by atoms with Crippen LogP contribution in [0.5, 0.6) is 0 Å². The maximum atomic E-state index is 13.5. The van der Waals surface area contributed by atoms with Gasteiger partial charge in [0.25, 0.3) is 11.8 Å². The number of hydrogen-bond acceptors (Lipinski definition) is 8. The number of carbonyl (C=O) groups is 2. The molecule has 1 aromatic carbocycles. The Bertz CT molecular complexity index is 1610. The van der Waals surface area contributed by atoms with Gasteiger partial charge in [0.15, 0.2) is 12.1 Å². The summed E-state index contributed by atoms with van der Waals surface area (Å²) in [7, 11) is 1.72. The predicted molar refractivity (Wildman–Crippen MR) is 147 cm³/mol. The van der Waals surface area contributed by atoms with Gasteiger partial charge in [-0.15, -0.1) is 17.7 Å². The maximum absolute atomic E-state index is 13.5. The van der Waals surface area contributed by atoms with Gasteiger partial charge in [-0.25, -0.2) is 9.97 Å². The Balaban J connectivity index is 0.00000405. The number of halogens is 2. The quantitative estimate of drug-likeness (QED) is 0.209. The average molecular weight is 601 g/mol. The van der Waals surface area contributed by atoms with Crippen molar-refractivity contribution in [1.82, 2.24) is 30.0 Å². The summed E-state index contributed by atoms with van der Waals surface area (Å²) < 4.78 is 33.8. The van der Waals surface area contributed by atoms with Crippen LogP contribution in [0.15, 0.2) is 47.5 Å². The number of fused-ring (bicyclic) bond motifs is 1. The molecule has 0 radical (unpaired) electrons.